The van der Waals surface area contributed by atoms with Crippen LogP contribution in [0.2, 0.25) is 0 Å². The number of hydrogen-bond acceptors (Lipinski definition) is 6. The minimum Gasteiger partial charge on any atom is -0.454 e. The molecule has 7 nitrogen and oxygen atoms in total. The van der Waals surface area contributed by atoms with E-state index in [4.69, 9.17) is 9.47 Å². The highest BCUT2D eigenvalue weighted by Gasteiger charge is 2.20. The van der Waals surface area contributed by atoms with Crippen LogP contribution in [0.25, 0.3) is 0 Å². The summed E-state index contributed by atoms with van der Waals surface area (Å²) in [6.45, 7) is 10.4. The fourth-order valence-corrected chi connectivity index (χ4v) is 3.83. The number of carbonyl (C=O) groups is 1. The van der Waals surface area contributed by atoms with Gasteiger partial charge in [-0.2, -0.15) is 0 Å². The van der Waals surface area contributed by atoms with E-state index in [-0.39, 0.29) is 5.91 Å². The summed E-state index contributed by atoms with van der Waals surface area (Å²) in [5.41, 5.74) is 1.89. The Labute approximate surface area is 171 Å². The summed E-state index contributed by atoms with van der Waals surface area (Å²) in [7, 11) is 0. The molecule has 1 aromatic carbocycles. The van der Waals surface area contributed by atoms with Gasteiger partial charge >= 0.3 is 0 Å². The minimum atomic E-state index is 0.0441. The lowest BCUT2D eigenvalue weighted by atomic mass is 10.1. The Balaban J connectivity index is 1.32. The summed E-state index contributed by atoms with van der Waals surface area (Å²) in [5.74, 6) is 2.64. The first-order valence-corrected chi connectivity index (χ1v) is 10.3. The van der Waals surface area contributed by atoms with E-state index in [1.165, 1.54) is 5.56 Å². The van der Waals surface area contributed by atoms with E-state index in [1.807, 2.05) is 36.9 Å². The average molecular weight is 396 g/mol. The molecule has 154 valence electrons. The van der Waals surface area contributed by atoms with Crippen LogP contribution in [0.5, 0.6) is 11.5 Å². The molecule has 29 heavy (non-hydrogen) atoms. The van der Waals surface area contributed by atoms with Crippen molar-refractivity contribution in [3.63, 3.8) is 0 Å². The van der Waals surface area contributed by atoms with Gasteiger partial charge in [0.05, 0.1) is 5.56 Å². The summed E-state index contributed by atoms with van der Waals surface area (Å²) in [5, 5.41) is 0. The first-order chi connectivity index (χ1) is 14.2. The predicted octanol–water partition coefficient (Wildman–Crippen LogP) is 2.61. The molecule has 0 unspecified atom stereocenters. The summed E-state index contributed by atoms with van der Waals surface area (Å²) in [6.07, 6.45) is 1.70. The molecule has 2 aromatic rings. The molecule has 7 heteroatoms. The SMILES string of the molecule is CCN(CC)C(=O)c1ccc(N2CCN(Cc3ccc4c(c3)OCO4)CC2)nc1. The molecule has 0 spiro atoms. The number of piperazine rings is 1. The Bertz CT molecular complexity index is 844. The molecule has 0 N–H and O–H groups in total. The molecule has 1 aromatic heterocycles. The summed E-state index contributed by atoms with van der Waals surface area (Å²) in [6, 6.07) is 10.0. The van der Waals surface area contributed by atoms with E-state index in [1.54, 1.807) is 6.20 Å². The van der Waals surface area contributed by atoms with Crippen molar-refractivity contribution in [2.24, 2.45) is 0 Å². The second-order valence-electron chi connectivity index (χ2n) is 7.33. The number of nitrogens with zero attached hydrogens (tertiary/aromatic N) is 4. The van der Waals surface area contributed by atoms with Crippen LogP contribution in [-0.4, -0.2) is 66.8 Å². The molecular formula is C22H28N4O3. The molecule has 0 saturated carbocycles. The standard InChI is InChI=1S/C22H28N4O3/c1-3-25(4-2)22(27)18-6-8-21(23-14-18)26-11-9-24(10-12-26)15-17-5-7-19-20(13-17)29-16-28-19/h5-8,13-14H,3-4,9-12,15-16H2,1-2H3. The van der Waals surface area contributed by atoms with Crippen molar-refractivity contribution >= 4 is 11.7 Å². The van der Waals surface area contributed by atoms with E-state index in [2.05, 4.69) is 26.9 Å². The van der Waals surface area contributed by atoms with Gasteiger partial charge in [-0.3, -0.25) is 9.69 Å². The number of carbonyl (C=O) groups excluding carboxylic acids is 1. The fraction of sp³-hybridized carbons (Fsp3) is 0.455. The zero-order valence-electron chi connectivity index (χ0n) is 17.1. The number of hydrogen-bond donors (Lipinski definition) is 0. The summed E-state index contributed by atoms with van der Waals surface area (Å²) >= 11 is 0. The van der Waals surface area contributed by atoms with Gasteiger partial charge in [0.2, 0.25) is 6.79 Å². The third kappa shape index (κ3) is 4.29. The molecule has 0 bridgehead atoms. The topological polar surface area (TPSA) is 58.1 Å². The van der Waals surface area contributed by atoms with Crippen molar-refractivity contribution in [3.8, 4) is 11.5 Å². The Hall–Kier alpha value is -2.80. The predicted molar refractivity (Wildman–Crippen MR) is 112 cm³/mol. The lowest BCUT2D eigenvalue weighted by Crippen LogP contribution is -2.46. The van der Waals surface area contributed by atoms with Gasteiger partial charge in [0.1, 0.15) is 5.82 Å². The van der Waals surface area contributed by atoms with Crippen molar-refractivity contribution in [1.82, 2.24) is 14.8 Å². The van der Waals surface area contributed by atoms with Crippen LogP contribution >= 0.6 is 0 Å². The van der Waals surface area contributed by atoms with E-state index in [9.17, 15) is 4.79 Å². The highest BCUT2D eigenvalue weighted by Crippen LogP contribution is 2.32. The Kier molecular flexibility index (Phi) is 5.85. The molecule has 2 aliphatic heterocycles. The van der Waals surface area contributed by atoms with Gasteiger partial charge in [-0.25, -0.2) is 4.98 Å². The largest absolute Gasteiger partial charge is 0.454 e. The van der Waals surface area contributed by atoms with Crippen LogP contribution in [-0.2, 0) is 6.54 Å². The molecule has 2 aliphatic rings. The highest BCUT2D eigenvalue weighted by molar-refractivity contribution is 5.94. The molecule has 1 amide bonds. The normalized spacial score (nSPS) is 16.1. The number of fused-ring (bicyclic) bond motifs is 1. The summed E-state index contributed by atoms with van der Waals surface area (Å²) < 4.78 is 10.9. The van der Waals surface area contributed by atoms with E-state index in [0.29, 0.717) is 25.4 Å². The number of ether oxygens (including phenoxy) is 2. The van der Waals surface area contributed by atoms with E-state index in [0.717, 1.165) is 50.0 Å². The van der Waals surface area contributed by atoms with Crippen molar-refractivity contribution in [3.05, 3.63) is 47.7 Å². The second kappa shape index (κ2) is 8.69. The van der Waals surface area contributed by atoms with Crippen LogP contribution in [0.1, 0.15) is 29.8 Å². The maximum Gasteiger partial charge on any atom is 0.255 e. The van der Waals surface area contributed by atoms with E-state index >= 15 is 0 Å². The number of amides is 1. The van der Waals surface area contributed by atoms with Crippen LogP contribution in [0.4, 0.5) is 5.82 Å². The molecule has 4 rings (SSSR count). The molecule has 1 fully saturated rings. The lowest BCUT2D eigenvalue weighted by Gasteiger charge is -2.35. The van der Waals surface area contributed by atoms with Gasteiger partial charge in [-0.05, 0) is 43.7 Å². The van der Waals surface area contributed by atoms with Crippen molar-refractivity contribution < 1.29 is 14.3 Å². The Morgan fingerprint density at radius 1 is 1.03 bits per heavy atom. The van der Waals surface area contributed by atoms with Crippen LogP contribution in [0, 0.1) is 0 Å². The average Bonchev–Trinajstić information content (AvgIpc) is 3.23. The van der Waals surface area contributed by atoms with Gasteiger partial charge in [-0.1, -0.05) is 6.07 Å². The monoisotopic (exact) mass is 396 g/mol. The van der Waals surface area contributed by atoms with Gasteiger partial charge in [-0.15, -0.1) is 0 Å². The van der Waals surface area contributed by atoms with Crippen LogP contribution < -0.4 is 14.4 Å². The van der Waals surface area contributed by atoms with Crippen molar-refractivity contribution in [2.75, 3.05) is 51.0 Å². The molecule has 0 atom stereocenters. The molecule has 0 radical (unpaired) electrons. The maximum absolute atomic E-state index is 12.4. The van der Waals surface area contributed by atoms with Crippen molar-refractivity contribution in [1.29, 1.82) is 0 Å². The van der Waals surface area contributed by atoms with E-state index < -0.39 is 0 Å². The molecule has 3 heterocycles. The zero-order valence-corrected chi connectivity index (χ0v) is 17.1. The first-order valence-electron chi connectivity index (χ1n) is 10.3. The second-order valence-corrected chi connectivity index (χ2v) is 7.33. The summed E-state index contributed by atoms with van der Waals surface area (Å²) in [4.78, 5) is 23.5. The van der Waals surface area contributed by atoms with Crippen molar-refractivity contribution in [2.45, 2.75) is 20.4 Å². The number of rotatable bonds is 6. The van der Waals surface area contributed by atoms with Gasteiger partial charge in [0.25, 0.3) is 5.91 Å². The van der Waals surface area contributed by atoms with Gasteiger partial charge in [0, 0.05) is 52.0 Å². The third-order valence-corrected chi connectivity index (χ3v) is 5.58. The quantitative estimate of drug-likeness (QED) is 0.748. The number of aromatic nitrogens is 1. The molecule has 1 saturated heterocycles. The zero-order chi connectivity index (χ0) is 20.2. The lowest BCUT2D eigenvalue weighted by molar-refractivity contribution is 0.0772. The van der Waals surface area contributed by atoms with Crippen LogP contribution in [0.15, 0.2) is 36.5 Å². The maximum atomic E-state index is 12.4. The highest BCUT2D eigenvalue weighted by atomic mass is 16.7. The smallest absolute Gasteiger partial charge is 0.255 e. The molecule has 0 aliphatic carbocycles. The molecular weight excluding hydrogens is 368 g/mol. The first kappa shape index (κ1) is 19.5. The number of pyridine rings is 1. The Morgan fingerprint density at radius 3 is 2.48 bits per heavy atom. The fourth-order valence-electron chi connectivity index (χ4n) is 3.83. The third-order valence-electron chi connectivity index (χ3n) is 5.58. The minimum absolute atomic E-state index is 0.0441. The number of anilines is 1. The van der Waals surface area contributed by atoms with Gasteiger partial charge < -0.3 is 19.3 Å². The van der Waals surface area contributed by atoms with Crippen LogP contribution in [0.3, 0.4) is 0 Å². The Morgan fingerprint density at radius 2 is 1.79 bits per heavy atom. The number of benzene rings is 1. The van der Waals surface area contributed by atoms with Gasteiger partial charge in [0.15, 0.2) is 11.5 Å².